The Kier molecular flexibility index (Phi) is 4.39. The molecule has 0 saturated carbocycles. The Morgan fingerprint density at radius 2 is 2.00 bits per heavy atom. The van der Waals surface area contributed by atoms with E-state index >= 15 is 0 Å². The number of aromatic amines is 1. The van der Waals surface area contributed by atoms with Gasteiger partial charge in [0.05, 0.1) is 18.0 Å². The molecule has 0 aliphatic rings. The maximum atomic E-state index is 13.9. The van der Waals surface area contributed by atoms with Crippen LogP contribution in [-0.4, -0.2) is 22.3 Å². The fourth-order valence-corrected chi connectivity index (χ4v) is 2.35. The molecule has 6 nitrogen and oxygen atoms in total. The number of ether oxygens (including phenoxy) is 1. The quantitative estimate of drug-likeness (QED) is 0.483. The molecule has 2 aromatic carbocycles. The van der Waals surface area contributed by atoms with Gasteiger partial charge in [0.15, 0.2) is 5.69 Å². The molecule has 0 spiro atoms. The van der Waals surface area contributed by atoms with E-state index in [2.05, 4.69) is 20.5 Å². The van der Waals surface area contributed by atoms with Gasteiger partial charge in [0, 0.05) is 5.69 Å². The van der Waals surface area contributed by atoms with Crippen LogP contribution in [-0.2, 0) is 0 Å². The third-order valence-electron chi connectivity index (χ3n) is 3.31. The van der Waals surface area contributed by atoms with Gasteiger partial charge in [0.25, 0.3) is 0 Å². The molecule has 0 amide bonds. The summed E-state index contributed by atoms with van der Waals surface area (Å²) in [6, 6.07) is 11.5. The maximum absolute atomic E-state index is 13.9. The van der Waals surface area contributed by atoms with E-state index in [-0.39, 0.29) is 22.1 Å². The average molecular weight is 343 g/mol. The van der Waals surface area contributed by atoms with Crippen LogP contribution < -0.4 is 10.1 Å². The lowest BCUT2D eigenvalue weighted by molar-refractivity contribution is 0.415. The second kappa shape index (κ2) is 6.63. The van der Waals surface area contributed by atoms with Crippen LogP contribution in [0, 0.1) is 5.82 Å². The first-order chi connectivity index (χ1) is 11.6. The first-order valence-electron chi connectivity index (χ1n) is 6.94. The van der Waals surface area contributed by atoms with E-state index in [1.54, 1.807) is 37.4 Å². The van der Waals surface area contributed by atoms with E-state index in [4.69, 9.17) is 17.0 Å². The van der Waals surface area contributed by atoms with Crippen molar-refractivity contribution >= 4 is 39.6 Å². The van der Waals surface area contributed by atoms with Crippen molar-refractivity contribution in [2.24, 2.45) is 10.2 Å². The number of thiocarbonyl (C=S) groups is 1. The van der Waals surface area contributed by atoms with E-state index in [0.29, 0.717) is 17.0 Å². The molecule has 0 saturated heterocycles. The summed E-state index contributed by atoms with van der Waals surface area (Å²) < 4.78 is 19.0. The highest BCUT2D eigenvalue weighted by molar-refractivity contribution is 7.80. The number of azo groups is 1. The summed E-state index contributed by atoms with van der Waals surface area (Å²) in [5.41, 5.74) is 1.13. The van der Waals surface area contributed by atoms with Crippen molar-refractivity contribution in [2.45, 2.75) is 0 Å². The summed E-state index contributed by atoms with van der Waals surface area (Å²) >= 11 is 5.08. The second-order valence-corrected chi connectivity index (χ2v) is 5.23. The third-order valence-corrected chi connectivity index (χ3v) is 3.49. The second-order valence-electron chi connectivity index (χ2n) is 4.84. The fourth-order valence-electron chi connectivity index (χ4n) is 2.19. The Labute approximate surface area is 142 Å². The number of aromatic hydroxyl groups is 1. The average Bonchev–Trinajstić information content (AvgIpc) is 2.90. The normalized spacial score (nSPS) is 11.1. The number of fused-ring (bicyclic) bond motifs is 1. The SMILES string of the molecule is COc1ccc(NC(=S)N=Nc2c(O)[nH]c3cccc([18F])c23)cc1. The van der Waals surface area contributed by atoms with E-state index in [9.17, 15) is 9.50 Å². The first kappa shape index (κ1) is 15.9. The summed E-state index contributed by atoms with van der Waals surface area (Å²) in [4.78, 5) is 2.64. The monoisotopic (exact) mass is 343 g/mol. The minimum Gasteiger partial charge on any atom is -0.497 e. The molecule has 0 atom stereocenters. The van der Waals surface area contributed by atoms with Crippen LogP contribution in [0.15, 0.2) is 52.7 Å². The number of anilines is 1. The Hall–Kier alpha value is -3.00. The van der Waals surface area contributed by atoms with Crippen molar-refractivity contribution in [3.05, 3.63) is 48.3 Å². The molecular formula is C16H13FN4O2S. The number of hydrogen-bond acceptors (Lipinski definition) is 4. The van der Waals surface area contributed by atoms with Gasteiger partial charge in [-0.2, -0.15) is 0 Å². The molecule has 122 valence electrons. The Balaban J connectivity index is 1.80. The van der Waals surface area contributed by atoms with Crippen molar-refractivity contribution in [3.63, 3.8) is 0 Å². The number of benzene rings is 2. The molecule has 1 aromatic heterocycles. The summed E-state index contributed by atoms with van der Waals surface area (Å²) in [5.74, 6) is -0.0644. The molecule has 0 fully saturated rings. The highest BCUT2D eigenvalue weighted by atomic mass is 32.1. The standard InChI is InChI=1S/C16H13FN4O2S/c1-23-10-7-5-9(6-8-10)18-16(24)21-20-14-13-11(17)3-2-4-12(13)19-15(14)22/h2-8,19,22H,1H3,(H,18,24)/i17-1. The first-order valence-corrected chi connectivity index (χ1v) is 7.35. The summed E-state index contributed by atoms with van der Waals surface area (Å²) in [6.45, 7) is 0. The molecular weight excluding hydrogens is 330 g/mol. The number of nitrogens with one attached hydrogen (secondary N) is 2. The summed E-state index contributed by atoms with van der Waals surface area (Å²) in [6.07, 6.45) is 0. The predicted molar refractivity (Wildman–Crippen MR) is 93.7 cm³/mol. The van der Waals surface area contributed by atoms with Crippen molar-refractivity contribution in [1.82, 2.24) is 4.98 Å². The molecule has 8 heteroatoms. The van der Waals surface area contributed by atoms with Gasteiger partial charge in [-0.05, 0) is 48.6 Å². The van der Waals surface area contributed by atoms with E-state index in [1.807, 2.05) is 0 Å². The van der Waals surface area contributed by atoms with Crippen LogP contribution in [0.25, 0.3) is 10.9 Å². The van der Waals surface area contributed by atoms with Crippen molar-refractivity contribution in [1.29, 1.82) is 0 Å². The smallest absolute Gasteiger partial charge is 0.218 e. The molecule has 3 N–H and O–H groups in total. The molecule has 24 heavy (non-hydrogen) atoms. The molecule has 0 bridgehead atoms. The maximum Gasteiger partial charge on any atom is 0.218 e. The molecule has 3 rings (SSSR count). The molecule has 0 aliphatic carbocycles. The topological polar surface area (TPSA) is 82.0 Å². The number of rotatable bonds is 3. The molecule has 0 unspecified atom stereocenters. The minimum absolute atomic E-state index is 0.00183. The number of halogens is 1. The van der Waals surface area contributed by atoms with Gasteiger partial charge in [0.1, 0.15) is 11.6 Å². The Bertz CT molecular complexity index is 922. The van der Waals surface area contributed by atoms with Gasteiger partial charge in [-0.15, -0.1) is 10.2 Å². The van der Waals surface area contributed by atoms with Crippen molar-refractivity contribution in [2.75, 3.05) is 12.4 Å². The van der Waals surface area contributed by atoms with Crippen LogP contribution in [0.2, 0.25) is 0 Å². The zero-order valence-electron chi connectivity index (χ0n) is 12.6. The Morgan fingerprint density at radius 1 is 1.25 bits per heavy atom. The van der Waals surface area contributed by atoms with Gasteiger partial charge < -0.3 is 20.1 Å². The van der Waals surface area contributed by atoms with Gasteiger partial charge in [0.2, 0.25) is 11.0 Å². The highest BCUT2D eigenvalue weighted by Crippen LogP contribution is 2.36. The zero-order chi connectivity index (χ0) is 17.1. The number of H-pyrrole nitrogens is 1. The number of hydrogen-bond donors (Lipinski definition) is 3. The van der Waals surface area contributed by atoms with Crippen molar-refractivity contribution < 1.29 is 14.2 Å². The van der Waals surface area contributed by atoms with Crippen LogP contribution in [0.4, 0.5) is 15.8 Å². The van der Waals surface area contributed by atoms with Gasteiger partial charge in [-0.1, -0.05) is 6.07 Å². The van der Waals surface area contributed by atoms with Crippen LogP contribution in [0.5, 0.6) is 11.6 Å². The van der Waals surface area contributed by atoms with E-state index < -0.39 is 5.82 Å². The van der Waals surface area contributed by atoms with E-state index in [0.717, 1.165) is 0 Å². The molecule has 3 aromatic rings. The predicted octanol–water partition coefficient (Wildman–Crippen LogP) is 4.50. The van der Waals surface area contributed by atoms with Gasteiger partial charge in [-0.3, -0.25) is 0 Å². The van der Waals surface area contributed by atoms with Gasteiger partial charge >= 0.3 is 0 Å². The lowest BCUT2D eigenvalue weighted by Crippen LogP contribution is -2.04. The minimum atomic E-state index is -0.507. The van der Waals surface area contributed by atoms with E-state index in [1.165, 1.54) is 12.1 Å². The fraction of sp³-hybridized carbons (Fsp3) is 0.0625. The number of methoxy groups -OCH3 is 1. The number of aromatic nitrogens is 1. The molecule has 0 aliphatic heterocycles. The summed E-state index contributed by atoms with van der Waals surface area (Å²) in [5, 5.41) is 20.6. The molecule has 0 radical (unpaired) electrons. The van der Waals surface area contributed by atoms with Crippen molar-refractivity contribution in [3.8, 4) is 11.6 Å². The lowest BCUT2D eigenvalue weighted by atomic mass is 10.2. The lowest BCUT2D eigenvalue weighted by Gasteiger charge is -2.04. The Morgan fingerprint density at radius 3 is 2.71 bits per heavy atom. The van der Waals surface area contributed by atoms with Crippen LogP contribution >= 0.6 is 12.2 Å². The zero-order valence-corrected chi connectivity index (χ0v) is 13.4. The number of nitrogens with zero attached hydrogens (tertiary/aromatic N) is 2. The molecule has 1 heterocycles. The third kappa shape index (κ3) is 3.18. The summed E-state index contributed by atoms with van der Waals surface area (Å²) in [7, 11) is 1.58. The highest BCUT2D eigenvalue weighted by Gasteiger charge is 2.14. The van der Waals surface area contributed by atoms with Gasteiger partial charge in [-0.25, -0.2) is 4.39 Å². The van der Waals surface area contributed by atoms with Crippen LogP contribution in [0.3, 0.4) is 0 Å². The van der Waals surface area contributed by atoms with Crippen LogP contribution in [0.1, 0.15) is 0 Å². The largest absolute Gasteiger partial charge is 0.497 e.